The molecule has 182 valence electrons. The van der Waals surface area contributed by atoms with Crippen LogP contribution in [0.5, 0.6) is 5.75 Å². The van der Waals surface area contributed by atoms with Crippen LogP contribution in [0.2, 0.25) is 0 Å². The number of hydrogen-bond acceptors (Lipinski definition) is 4. The van der Waals surface area contributed by atoms with Crippen molar-refractivity contribution in [2.45, 2.75) is 65.5 Å². The minimum atomic E-state index is -1.02. The van der Waals surface area contributed by atoms with E-state index in [4.69, 9.17) is 4.74 Å². The summed E-state index contributed by atoms with van der Waals surface area (Å²) in [7, 11) is 0. The van der Waals surface area contributed by atoms with Crippen LogP contribution in [0, 0.1) is 18.3 Å². The monoisotopic (exact) mass is 461 g/mol. The molecule has 3 saturated heterocycles. The summed E-state index contributed by atoms with van der Waals surface area (Å²) in [6, 6.07) is 12.7. The fraction of sp³-hybridized carbons (Fsp3) is 0.552. The fourth-order valence-electron chi connectivity index (χ4n) is 6.66. The molecule has 1 aliphatic carbocycles. The van der Waals surface area contributed by atoms with Crippen LogP contribution in [0.15, 0.2) is 36.4 Å². The summed E-state index contributed by atoms with van der Waals surface area (Å²) in [5.41, 5.74) is 5.79. The Morgan fingerprint density at radius 1 is 1.18 bits per heavy atom. The lowest BCUT2D eigenvalue weighted by Crippen LogP contribution is -2.62. The van der Waals surface area contributed by atoms with E-state index >= 15 is 0 Å². The smallest absolute Gasteiger partial charge is 0.137 e. The molecular weight excluding hydrogens is 424 g/mol. The highest BCUT2D eigenvalue weighted by Crippen LogP contribution is 2.52. The van der Waals surface area contributed by atoms with Crippen molar-refractivity contribution < 1.29 is 14.6 Å². The molecule has 5 nitrogen and oxygen atoms in total. The van der Waals surface area contributed by atoms with Crippen molar-refractivity contribution in [1.29, 1.82) is 0 Å². The van der Waals surface area contributed by atoms with Crippen LogP contribution >= 0.6 is 0 Å². The molecule has 0 saturated carbocycles. The third-order valence-electron chi connectivity index (χ3n) is 8.27. The first kappa shape index (κ1) is 23.2. The lowest BCUT2D eigenvalue weighted by Gasteiger charge is -2.53. The van der Waals surface area contributed by atoms with Crippen molar-refractivity contribution in [1.82, 2.24) is 9.80 Å². The van der Waals surface area contributed by atoms with Gasteiger partial charge >= 0.3 is 0 Å². The Balaban J connectivity index is 1.49. The number of carbonyl (C=O) groups excluding carboxylic acids is 1. The van der Waals surface area contributed by atoms with Crippen LogP contribution in [-0.2, 0) is 6.42 Å². The van der Waals surface area contributed by atoms with Crippen LogP contribution in [-0.4, -0.2) is 48.2 Å². The third-order valence-corrected chi connectivity index (χ3v) is 8.27. The molecule has 3 heterocycles. The summed E-state index contributed by atoms with van der Waals surface area (Å²) >= 11 is 0. The minimum Gasteiger partial charge on any atom is -0.530 e. The zero-order chi connectivity index (χ0) is 24.0. The molecule has 0 N–H and O–H groups in total. The van der Waals surface area contributed by atoms with Crippen molar-refractivity contribution in [3.63, 3.8) is 0 Å². The van der Waals surface area contributed by atoms with Crippen LogP contribution in [0.3, 0.4) is 0 Å². The van der Waals surface area contributed by atoms with Gasteiger partial charge < -0.3 is 24.4 Å². The molecule has 5 heteroatoms. The molecule has 4 aliphatic rings. The standard InChI is InChI=1S/C29H38N2O3/c1-5-14-34-23-8-6-20(7-9-23)24-16-22-17-29(3,4)27(25(22)15-19(24)2)31(28(32)33)26-18-30-12-10-21(26)11-13-30/h6-9,15-16,21,26-27H,5,10-14,17-18H2,1-4H3,(H,32,33)/p-1/t26-,27+/m1/s1. The lowest BCUT2D eigenvalue weighted by atomic mass is 9.79. The Morgan fingerprint density at radius 2 is 1.88 bits per heavy atom. The largest absolute Gasteiger partial charge is 0.530 e. The molecule has 2 bridgehead atoms. The number of benzene rings is 2. The summed E-state index contributed by atoms with van der Waals surface area (Å²) in [5.74, 6) is 1.34. The molecule has 6 rings (SSSR count). The van der Waals surface area contributed by atoms with E-state index < -0.39 is 6.09 Å². The predicted molar refractivity (Wildman–Crippen MR) is 133 cm³/mol. The van der Waals surface area contributed by atoms with Crippen molar-refractivity contribution in [3.8, 4) is 16.9 Å². The molecule has 2 atom stereocenters. The molecule has 3 fully saturated rings. The van der Waals surface area contributed by atoms with Crippen molar-refractivity contribution in [3.05, 3.63) is 53.1 Å². The summed E-state index contributed by atoms with van der Waals surface area (Å²) in [6.45, 7) is 12.4. The van der Waals surface area contributed by atoms with Gasteiger partial charge in [0.25, 0.3) is 0 Å². The van der Waals surface area contributed by atoms with E-state index in [1.54, 1.807) is 4.90 Å². The number of ether oxygens (including phenoxy) is 1. The van der Waals surface area contributed by atoms with Gasteiger partial charge in [-0.2, -0.15) is 0 Å². The zero-order valence-electron chi connectivity index (χ0n) is 21.0. The highest BCUT2D eigenvalue weighted by atomic mass is 16.5. The quantitative estimate of drug-likeness (QED) is 0.619. The summed E-state index contributed by atoms with van der Waals surface area (Å²) in [5, 5.41) is 12.6. The van der Waals surface area contributed by atoms with Gasteiger partial charge in [0.15, 0.2) is 0 Å². The Hall–Kier alpha value is -2.53. The first-order chi connectivity index (χ1) is 16.3. The second-order valence-corrected chi connectivity index (χ2v) is 11.2. The molecule has 0 unspecified atom stereocenters. The normalized spacial score (nSPS) is 26.8. The van der Waals surface area contributed by atoms with E-state index in [1.807, 2.05) is 12.1 Å². The van der Waals surface area contributed by atoms with E-state index in [0.717, 1.165) is 63.2 Å². The van der Waals surface area contributed by atoms with Crippen LogP contribution in [0.4, 0.5) is 4.79 Å². The fourth-order valence-corrected chi connectivity index (χ4v) is 6.66. The van der Waals surface area contributed by atoms with Gasteiger partial charge in [-0.05, 0) is 97.0 Å². The maximum absolute atomic E-state index is 12.6. The third kappa shape index (κ3) is 4.08. The number of aryl methyl sites for hydroxylation is 1. The zero-order valence-corrected chi connectivity index (χ0v) is 21.0. The maximum atomic E-state index is 12.6. The van der Waals surface area contributed by atoms with Gasteiger partial charge in [-0.25, -0.2) is 0 Å². The Kier molecular flexibility index (Phi) is 6.09. The first-order valence-corrected chi connectivity index (χ1v) is 12.9. The number of piperidine rings is 3. The Labute approximate surface area is 203 Å². The van der Waals surface area contributed by atoms with Crippen LogP contribution in [0.1, 0.15) is 62.8 Å². The second kappa shape index (κ2) is 8.92. The number of carbonyl (C=O) groups is 1. The first-order valence-electron chi connectivity index (χ1n) is 12.9. The molecule has 0 aromatic heterocycles. The number of fused-ring (bicyclic) bond motifs is 4. The number of hydrogen-bond donors (Lipinski definition) is 0. The molecular formula is C29H37N2O3-. The molecule has 2 aromatic rings. The van der Waals surface area contributed by atoms with Gasteiger partial charge in [-0.3, -0.25) is 0 Å². The van der Waals surface area contributed by atoms with Gasteiger partial charge in [0.2, 0.25) is 0 Å². The maximum Gasteiger partial charge on any atom is 0.137 e. The summed E-state index contributed by atoms with van der Waals surface area (Å²) in [6.07, 6.45) is 3.01. The van der Waals surface area contributed by atoms with Crippen molar-refractivity contribution in [2.75, 3.05) is 26.2 Å². The predicted octanol–water partition coefficient (Wildman–Crippen LogP) is 4.81. The van der Waals surface area contributed by atoms with E-state index in [-0.39, 0.29) is 17.5 Å². The van der Waals surface area contributed by atoms with Gasteiger partial charge in [-0.15, -0.1) is 0 Å². The number of carboxylic acid groups (broad SMARTS) is 1. The molecule has 34 heavy (non-hydrogen) atoms. The summed E-state index contributed by atoms with van der Waals surface area (Å²) in [4.78, 5) is 16.8. The van der Waals surface area contributed by atoms with E-state index in [1.165, 1.54) is 22.3 Å². The second-order valence-electron chi connectivity index (χ2n) is 11.2. The summed E-state index contributed by atoms with van der Waals surface area (Å²) < 4.78 is 5.75. The van der Waals surface area contributed by atoms with Gasteiger partial charge in [0.05, 0.1) is 12.6 Å². The van der Waals surface area contributed by atoms with Crippen molar-refractivity contribution in [2.24, 2.45) is 11.3 Å². The van der Waals surface area contributed by atoms with Gasteiger partial charge in [0, 0.05) is 12.6 Å². The number of nitrogens with zero attached hydrogens (tertiary/aromatic N) is 2. The lowest BCUT2D eigenvalue weighted by molar-refractivity contribution is -0.276. The minimum absolute atomic E-state index is 0.0263. The SMILES string of the molecule is CCCOc1ccc(-c2cc3c(cc2C)[C@H](N(C(=O)[O-])[C@@H]2CN4CCC2CC4)C(C)(C)C3)cc1. The Bertz CT molecular complexity index is 1050. The molecule has 0 radical (unpaired) electrons. The van der Waals surface area contributed by atoms with Crippen molar-refractivity contribution >= 4 is 6.09 Å². The number of rotatable bonds is 6. The molecule has 3 aliphatic heterocycles. The number of amides is 1. The van der Waals surface area contributed by atoms with Crippen LogP contribution < -0.4 is 9.84 Å². The van der Waals surface area contributed by atoms with Gasteiger partial charge in [-0.1, -0.05) is 45.0 Å². The average molecular weight is 462 g/mol. The average Bonchev–Trinajstić information content (AvgIpc) is 3.07. The van der Waals surface area contributed by atoms with Gasteiger partial charge in [0.1, 0.15) is 11.8 Å². The topological polar surface area (TPSA) is 55.8 Å². The Morgan fingerprint density at radius 3 is 2.47 bits per heavy atom. The molecule has 0 spiro atoms. The molecule has 2 aromatic carbocycles. The van der Waals surface area contributed by atoms with E-state index in [2.05, 4.69) is 56.9 Å². The van der Waals surface area contributed by atoms with Crippen LogP contribution in [0.25, 0.3) is 11.1 Å². The van der Waals surface area contributed by atoms with E-state index in [0.29, 0.717) is 5.92 Å². The highest BCUT2D eigenvalue weighted by molar-refractivity contribution is 5.71. The highest BCUT2D eigenvalue weighted by Gasteiger charge is 2.48. The molecule has 1 amide bonds. The van der Waals surface area contributed by atoms with E-state index in [9.17, 15) is 9.90 Å².